The molecule has 128 valence electrons. The molecule has 2 aliphatic heterocycles. The lowest BCUT2D eigenvalue weighted by Crippen LogP contribution is -2.36. The highest BCUT2D eigenvalue weighted by molar-refractivity contribution is 6.34. The number of anilines is 2. The van der Waals surface area contributed by atoms with Gasteiger partial charge in [-0.3, -0.25) is 14.5 Å². The minimum atomic E-state index is -0.135. The molecule has 2 saturated heterocycles. The zero-order valence-corrected chi connectivity index (χ0v) is 14.3. The smallest absolute Gasteiger partial charge is 0.237 e. The van der Waals surface area contributed by atoms with Gasteiger partial charge in [0.2, 0.25) is 11.8 Å². The average molecular weight is 349 g/mol. The second-order valence-corrected chi connectivity index (χ2v) is 7.15. The van der Waals surface area contributed by atoms with Crippen molar-refractivity contribution in [2.45, 2.75) is 25.7 Å². The minimum absolute atomic E-state index is 0.0557. The van der Waals surface area contributed by atoms with Gasteiger partial charge in [-0.2, -0.15) is 0 Å². The summed E-state index contributed by atoms with van der Waals surface area (Å²) < 4.78 is 5.37. The topological polar surface area (TPSA) is 49.9 Å². The minimum Gasteiger partial charge on any atom is -0.378 e. The zero-order valence-electron chi connectivity index (χ0n) is 13.5. The van der Waals surface area contributed by atoms with Gasteiger partial charge >= 0.3 is 0 Å². The van der Waals surface area contributed by atoms with Crippen LogP contribution < -0.4 is 9.80 Å². The van der Waals surface area contributed by atoms with Crippen molar-refractivity contribution in [1.29, 1.82) is 0 Å². The van der Waals surface area contributed by atoms with Crippen LogP contribution in [0.5, 0.6) is 0 Å². The molecule has 5 nitrogen and oxygen atoms in total. The fourth-order valence-corrected chi connectivity index (χ4v) is 4.41. The molecule has 1 aromatic carbocycles. The second-order valence-electron chi connectivity index (χ2n) is 6.74. The Morgan fingerprint density at radius 2 is 1.62 bits per heavy atom. The van der Waals surface area contributed by atoms with Crippen molar-refractivity contribution in [3.8, 4) is 0 Å². The van der Waals surface area contributed by atoms with Gasteiger partial charge in [0.15, 0.2) is 0 Å². The maximum Gasteiger partial charge on any atom is 0.237 e. The molecule has 0 aromatic heterocycles. The molecule has 2 atom stereocenters. The molecular formula is C18H21ClN2O3. The third kappa shape index (κ3) is 2.60. The predicted molar refractivity (Wildman–Crippen MR) is 92.4 cm³/mol. The van der Waals surface area contributed by atoms with Crippen molar-refractivity contribution in [3.63, 3.8) is 0 Å². The molecule has 1 aliphatic carbocycles. The lowest BCUT2D eigenvalue weighted by Gasteiger charge is -2.30. The first-order valence-corrected chi connectivity index (χ1v) is 9.04. The Kier molecular flexibility index (Phi) is 4.22. The van der Waals surface area contributed by atoms with Crippen LogP contribution in [0.3, 0.4) is 0 Å². The summed E-state index contributed by atoms with van der Waals surface area (Å²) in [5, 5.41) is 0.574. The number of hydrogen-bond acceptors (Lipinski definition) is 4. The highest BCUT2D eigenvalue weighted by atomic mass is 35.5. The fourth-order valence-electron chi connectivity index (χ4n) is 4.11. The molecule has 24 heavy (non-hydrogen) atoms. The Hall–Kier alpha value is -1.59. The Labute approximate surface area is 146 Å². The van der Waals surface area contributed by atoms with Crippen LogP contribution in [0.4, 0.5) is 11.4 Å². The van der Waals surface area contributed by atoms with Gasteiger partial charge in [0.1, 0.15) is 0 Å². The van der Waals surface area contributed by atoms with Crippen LogP contribution in [0.2, 0.25) is 5.02 Å². The molecular weight excluding hydrogens is 328 g/mol. The summed E-state index contributed by atoms with van der Waals surface area (Å²) in [5.41, 5.74) is 1.53. The van der Waals surface area contributed by atoms with E-state index < -0.39 is 0 Å². The van der Waals surface area contributed by atoms with E-state index in [0.29, 0.717) is 23.9 Å². The van der Waals surface area contributed by atoms with Gasteiger partial charge in [0.25, 0.3) is 0 Å². The Bertz CT molecular complexity index is 648. The van der Waals surface area contributed by atoms with E-state index in [-0.39, 0.29) is 23.7 Å². The Balaban J connectivity index is 1.61. The molecule has 2 amide bonds. The summed E-state index contributed by atoms with van der Waals surface area (Å²) in [5.74, 6) is -0.382. The van der Waals surface area contributed by atoms with Crippen molar-refractivity contribution in [2.75, 3.05) is 36.1 Å². The summed E-state index contributed by atoms with van der Waals surface area (Å²) in [6.45, 7) is 2.96. The van der Waals surface area contributed by atoms with Gasteiger partial charge in [0.05, 0.1) is 41.4 Å². The number of amides is 2. The van der Waals surface area contributed by atoms with E-state index in [1.165, 1.54) is 4.90 Å². The van der Waals surface area contributed by atoms with Crippen molar-refractivity contribution < 1.29 is 14.3 Å². The normalized spacial score (nSPS) is 27.5. The van der Waals surface area contributed by atoms with Gasteiger partial charge in [-0.05, 0) is 31.0 Å². The van der Waals surface area contributed by atoms with E-state index in [2.05, 4.69) is 4.90 Å². The van der Waals surface area contributed by atoms with Crippen LogP contribution in [0.1, 0.15) is 25.7 Å². The molecule has 1 aromatic rings. The standard InChI is InChI=1S/C18H21ClN2O3/c19-15-11-12(5-6-16(15)20-7-9-24-10-8-20)21-17(22)13-3-1-2-4-14(13)18(21)23/h5-6,11,13-14H,1-4,7-10H2. The van der Waals surface area contributed by atoms with Crippen molar-refractivity contribution in [3.05, 3.63) is 23.2 Å². The molecule has 0 bridgehead atoms. The predicted octanol–water partition coefficient (Wildman–Crippen LogP) is 2.86. The molecule has 2 unspecified atom stereocenters. The summed E-state index contributed by atoms with van der Waals surface area (Å²) in [6.07, 6.45) is 3.71. The number of carbonyl (C=O) groups is 2. The molecule has 0 spiro atoms. The largest absolute Gasteiger partial charge is 0.378 e. The SMILES string of the molecule is O=C1C2CCCCC2C(=O)N1c1ccc(N2CCOCC2)c(Cl)c1. The fraction of sp³-hybridized carbons (Fsp3) is 0.556. The van der Waals surface area contributed by atoms with Gasteiger partial charge < -0.3 is 9.64 Å². The molecule has 1 saturated carbocycles. The second kappa shape index (κ2) is 6.37. The van der Waals surface area contributed by atoms with Crippen molar-refractivity contribution >= 4 is 34.8 Å². The summed E-state index contributed by atoms with van der Waals surface area (Å²) in [6, 6.07) is 5.49. The molecule has 6 heteroatoms. The van der Waals surface area contributed by atoms with E-state index in [0.717, 1.165) is 44.5 Å². The quantitative estimate of drug-likeness (QED) is 0.771. The maximum atomic E-state index is 12.7. The molecule has 3 fully saturated rings. The average Bonchev–Trinajstić information content (AvgIpc) is 2.87. The first-order chi connectivity index (χ1) is 11.7. The number of ether oxygens (including phenoxy) is 1. The van der Waals surface area contributed by atoms with E-state index >= 15 is 0 Å². The number of rotatable bonds is 2. The van der Waals surface area contributed by atoms with Gasteiger partial charge in [-0.25, -0.2) is 0 Å². The zero-order chi connectivity index (χ0) is 16.7. The maximum absolute atomic E-state index is 12.7. The molecule has 0 N–H and O–H groups in total. The van der Waals surface area contributed by atoms with Crippen LogP contribution in [0.15, 0.2) is 18.2 Å². The van der Waals surface area contributed by atoms with E-state index in [4.69, 9.17) is 16.3 Å². The monoisotopic (exact) mass is 348 g/mol. The highest BCUT2D eigenvalue weighted by Crippen LogP contribution is 2.41. The summed E-state index contributed by atoms with van der Waals surface area (Å²) in [4.78, 5) is 28.9. The van der Waals surface area contributed by atoms with Crippen LogP contribution in [0.25, 0.3) is 0 Å². The van der Waals surface area contributed by atoms with Crippen LogP contribution >= 0.6 is 11.6 Å². The van der Waals surface area contributed by atoms with Crippen molar-refractivity contribution in [1.82, 2.24) is 0 Å². The number of benzene rings is 1. The Morgan fingerprint density at radius 1 is 1.00 bits per heavy atom. The first kappa shape index (κ1) is 15.9. The number of hydrogen-bond donors (Lipinski definition) is 0. The van der Waals surface area contributed by atoms with Crippen LogP contribution in [-0.2, 0) is 14.3 Å². The van der Waals surface area contributed by atoms with Crippen LogP contribution in [-0.4, -0.2) is 38.1 Å². The molecule has 4 rings (SSSR count). The summed E-state index contributed by atoms with van der Waals surface area (Å²) in [7, 11) is 0. The number of nitrogens with zero attached hydrogens (tertiary/aromatic N) is 2. The van der Waals surface area contributed by atoms with Gasteiger partial charge in [-0.15, -0.1) is 0 Å². The van der Waals surface area contributed by atoms with E-state index in [1.807, 2.05) is 12.1 Å². The molecule has 0 radical (unpaired) electrons. The number of imide groups is 1. The van der Waals surface area contributed by atoms with Crippen molar-refractivity contribution in [2.24, 2.45) is 11.8 Å². The molecule has 2 heterocycles. The lowest BCUT2D eigenvalue weighted by atomic mass is 9.81. The Morgan fingerprint density at radius 3 is 2.21 bits per heavy atom. The first-order valence-electron chi connectivity index (χ1n) is 8.67. The number of carbonyl (C=O) groups excluding carboxylic acids is 2. The third-order valence-electron chi connectivity index (χ3n) is 5.38. The highest BCUT2D eigenvalue weighted by Gasteiger charge is 2.48. The molecule has 3 aliphatic rings. The lowest BCUT2D eigenvalue weighted by molar-refractivity contribution is -0.122. The van der Waals surface area contributed by atoms with Gasteiger partial charge in [-0.1, -0.05) is 24.4 Å². The summed E-state index contributed by atoms with van der Waals surface area (Å²) >= 11 is 6.46. The number of halogens is 1. The number of fused-ring (bicyclic) bond motifs is 1. The number of morpholine rings is 1. The third-order valence-corrected chi connectivity index (χ3v) is 5.69. The van der Waals surface area contributed by atoms with E-state index in [9.17, 15) is 9.59 Å². The van der Waals surface area contributed by atoms with Gasteiger partial charge in [0, 0.05) is 13.1 Å². The van der Waals surface area contributed by atoms with E-state index in [1.54, 1.807) is 6.07 Å². The van der Waals surface area contributed by atoms with Crippen LogP contribution in [0, 0.1) is 11.8 Å².